The number of fused-ring (bicyclic) bond motifs is 4. The highest BCUT2D eigenvalue weighted by molar-refractivity contribution is 6.30. The highest BCUT2D eigenvalue weighted by Gasteiger charge is 2.70. The van der Waals surface area contributed by atoms with Crippen LogP contribution in [-0.4, -0.2) is 45.7 Å². The molecule has 2 aliphatic heterocycles. The third kappa shape index (κ3) is 3.79. The Kier molecular flexibility index (Phi) is 6.40. The first-order chi connectivity index (χ1) is 21.0. The van der Waals surface area contributed by atoms with Crippen molar-refractivity contribution in [2.75, 3.05) is 12.5 Å². The number of amides is 4. The van der Waals surface area contributed by atoms with E-state index in [2.05, 4.69) is 5.43 Å². The molecule has 0 radical (unpaired) electrons. The van der Waals surface area contributed by atoms with E-state index in [1.165, 1.54) is 43.4 Å². The number of phenolic OH excluding ortho intramolecular Hbond substituents is 1. The number of nitrogens with one attached hydrogen (secondary N) is 1. The number of phenols is 1. The van der Waals surface area contributed by atoms with E-state index in [-0.39, 0.29) is 35.9 Å². The van der Waals surface area contributed by atoms with Gasteiger partial charge in [0.25, 0.3) is 11.8 Å². The van der Waals surface area contributed by atoms with Crippen LogP contribution in [0, 0.1) is 35.3 Å². The first-order valence-electron chi connectivity index (χ1n) is 14.2. The number of hydrogen-bond acceptors (Lipinski definition) is 6. The summed E-state index contributed by atoms with van der Waals surface area (Å²) in [6.07, 6.45) is 2.06. The van der Waals surface area contributed by atoms with Gasteiger partial charge >= 0.3 is 0 Å². The summed E-state index contributed by atoms with van der Waals surface area (Å²) in [7, 11) is 1.43. The summed E-state index contributed by atoms with van der Waals surface area (Å²) in [5, 5.41) is 12.4. The Morgan fingerprint density at radius 2 is 1.61 bits per heavy atom. The maximum absolute atomic E-state index is 15.0. The van der Waals surface area contributed by atoms with E-state index < -0.39 is 64.2 Å². The molecule has 2 aliphatic carbocycles. The van der Waals surface area contributed by atoms with Crippen molar-refractivity contribution in [2.24, 2.45) is 23.7 Å². The van der Waals surface area contributed by atoms with Gasteiger partial charge in [0.15, 0.2) is 11.6 Å². The molecule has 11 heteroatoms. The van der Waals surface area contributed by atoms with Crippen LogP contribution in [0.15, 0.2) is 78.4 Å². The van der Waals surface area contributed by atoms with E-state index in [0.717, 1.165) is 16.0 Å². The number of nitrogens with zero attached hydrogens (tertiary/aromatic N) is 2. The lowest BCUT2D eigenvalue weighted by atomic mass is 9.49. The summed E-state index contributed by atoms with van der Waals surface area (Å²) >= 11 is 6.24. The summed E-state index contributed by atoms with van der Waals surface area (Å²) in [5.74, 6) is -8.30. The molecule has 4 aliphatic rings. The zero-order valence-corrected chi connectivity index (χ0v) is 24.1. The van der Waals surface area contributed by atoms with Gasteiger partial charge in [-0.05, 0) is 66.8 Å². The first kappa shape index (κ1) is 28.2. The molecule has 8 nitrogen and oxygen atoms in total. The minimum atomic E-state index is -1.70. The fraction of sp³-hybridized carbons (Fsp3) is 0.273. The monoisotopic (exact) mass is 617 g/mol. The van der Waals surface area contributed by atoms with E-state index >= 15 is 4.39 Å². The van der Waals surface area contributed by atoms with Gasteiger partial charge in [-0.1, -0.05) is 47.5 Å². The number of aromatic hydroxyl groups is 1. The van der Waals surface area contributed by atoms with Crippen LogP contribution >= 0.6 is 11.6 Å². The second-order valence-corrected chi connectivity index (χ2v) is 12.2. The smallest absolute Gasteiger partial charge is 0.260 e. The van der Waals surface area contributed by atoms with Crippen LogP contribution in [0.25, 0.3) is 0 Å². The van der Waals surface area contributed by atoms with Crippen LogP contribution in [0.5, 0.6) is 5.75 Å². The summed E-state index contributed by atoms with van der Waals surface area (Å²) in [6, 6.07) is 15.6. The van der Waals surface area contributed by atoms with E-state index in [1.54, 1.807) is 24.3 Å². The van der Waals surface area contributed by atoms with Crippen LogP contribution < -0.4 is 5.43 Å². The van der Waals surface area contributed by atoms with Crippen molar-refractivity contribution in [3.63, 3.8) is 0 Å². The van der Waals surface area contributed by atoms with Crippen molar-refractivity contribution >= 4 is 40.9 Å². The predicted octanol–water partition coefficient (Wildman–Crippen LogP) is 4.94. The van der Waals surface area contributed by atoms with Gasteiger partial charge in [0.1, 0.15) is 5.82 Å². The van der Waals surface area contributed by atoms with Crippen LogP contribution in [-0.2, 0) is 24.6 Å². The van der Waals surface area contributed by atoms with Crippen molar-refractivity contribution in [3.05, 3.63) is 106 Å². The number of anilines is 1. The Morgan fingerprint density at radius 1 is 0.909 bits per heavy atom. The number of carbonyl (C=O) groups is 4. The van der Waals surface area contributed by atoms with E-state index in [0.29, 0.717) is 16.2 Å². The van der Waals surface area contributed by atoms with E-state index in [9.17, 15) is 28.7 Å². The number of hydrogen-bond donors (Lipinski definition) is 2. The zero-order chi connectivity index (χ0) is 31.1. The summed E-state index contributed by atoms with van der Waals surface area (Å²) in [5.41, 5.74) is 2.48. The zero-order valence-electron chi connectivity index (χ0n) is 23.3. The number of allylic oxidation sites excluding steroid dienone is 2. The normalized spacial score (nSPS) is 29.4. The van der Waals surface area contributed by atoms with Gasteiger partial charge < -0.3 is 5.11 Å². The van der Waals surface area contributed by atoms with Gasteiger partial charge in [0, 0.05) is 23.6 Å². The molecule has 2 heterocycles. The SMILES string of the molecule is CN1C(=O)[C@H]2[C@H](CC=C3[C@H]2C[C@H]2C(=O)N(Nc4ccc(F)cc4)C(=O)[C@@]2(c2ccc(Cl)cc2)[C@H]3c2cccc(F)c2O)C1=O. The highest BCUT2D eigenvalue weighted by Crippen LogP contribution is 2.64. The van der Waals surface area contributed by atoms with Gasteiger partial charge in [-0.2, -0.15) is 5.01 Å². The summed E-state index contributed by atoms with van der Waals surface area (Å²) in [6.45, 7) is 0. The van der Waals surface area contributed by atoms with Gasteiger partial charge in [0.2, 0.25) is 11.8 Å². The standard InChI is InChI=1S/C33H26ClF2N3O5/c1-38-29(41)21-14-13-20-23(26(21)31(38)43)15-24-30(42)39(37-19-11-9-18(35)10-12-19)32(44)33(24,16-5-7-17(34)8-6-16)27(20)22-3-2-4-25(36)28(22)40/h2-13,21,23-24,26-27,37,40H,14-15H2,1H3/t21-,23+,24-,26-,27+,33+/m0/s1. The van der Waals surface area contributed by atoms with Gasteiger partial charge in [-0.25, -0.2) is 8.78 Å². The van der Waals surface area contributed by atoms with Gasteiger partial charge in [-0.3, -0.25) is 29.5 Å². The molecule has 224 valence electrons. The van der Waals surface area contributed by atoms with Crippen molar-refractivity contribution in [2.45, 2.75) is 24.2 Å². The Bertz CT molecular complexity index is 1780. The fourth-order valence-electron chi connectivity index (χ4n) is 7.92. The number of likely N-dealkylation sites (tertiary alicyclic amines) is 1. The molecule has 0 spiro atoms. The number of imide groups is 2. The van der Waals surface area contributed by atoms with Crippen molar-refractivity contribution in [1.29, 1.82) is 0 Å². The molecule has 0 bridgehead atoms. The van der Waals surface area contributed by atoms with Crippen LogP contribution in [0.3, 0.4) is 0 Å². The fourth-order valence-corrected chi connectivity index (χ4v) is 8.05. The quantitative estimate of drug-likeness (QED) is 0.317. The Hall–Kier alpha value is -4.57. The first-order valence-corrected chi connectivity index (χ1v) is 14.6. The predicted molar refractivity (Wildman–Crippen MR) is 155 cm³/mol. The molecule has 2 saturated heterocycles. The molecule has 6 atom stereocenters. The van der Waals surface area contributed by atoms with Gasteiger partial charge in [-0.15, -0.1) is 0 Å². The summed E-state index contributed by atoms with van der Waals surface area (Å²) in [4.78, 5) is 56.9. The molecule has 3 aromatic carbocycles. The van der Waals surface area contributed by atoms with Crippen molar-refractivity contribution in [1.82, 2.24) is 9.91 Å². The lowest BCUT2D eigenvalue weighted by molar-refractivity contribution is -0.140. The lowest BCUT2D eigenvalue weighted by Crippen LogP contribution is -2.53. The van der Waals surface area contributed by atoms with Gasteiger partial charge in [0.05, 0.1) is 28.9 Å². The second kappa shape index (κ2) is 9.99. The maximum atomic E-state index is 15.0. The molecule has 3 aromatic rings. The number of para-hydroxylation sites is 1. The summed E-state index contributed by atoms with van der Waals surface area (Å²) < 4.78 is 28.7. The average molecular weight is 618 g/mol. The number of rotatable bonds is 4. The molecule has 4 amide bonds. The number of carbonyl (C=O) groups excluding carboxylic acids is 4. The van der Waals surface area contributed by atoms with Crippen LogP contribution in [0.2, 0.25) is 5.02 Å². The Morgan fingerprint density at radius 3 is 2.32 bits per heavy atom. The molecule has 44 heavy (non-hydrogen) atoms. The second-order valence-electron chi connectivity index (χ2n) is 11.8. The minimum absolute atomic E-state index is 0.0429. The van der Waals surface area contributed by atoms with E-state index in [4.69, 9.17) is 11.6 Å². The topological polar surface area (TPSA) is 107 Å². The van der Waals surface area contributed by atoms with Crippen molar-refractivity contribution in [3.8, 4) is 5.75 Å². The molecule has 1 saturated carbocycles. The molecule has 0 unspecified atom stereocenters. The van der Waals surface area contributed by atoms with E-state index in [1.807, 2.05) is 6.08 Å². The highest BCUT2D eigenvalue weighted by atomic mass is 35.5. The molecular formula is C33H26ClF2N3O5. The Balaban J connectivity index is 1.49. The maximum Gasteiger partial charge on any atom is 0.260 e. The minimum Gasteiger partial charge on any atom is -0.505 e. The third-order valence-electron chi connectivity index (χ3n) is 9.81. The Labute approximate surface area is 255 Å². The molecule has 2 N–H and O–H groups in total. The number of halogens is 3. The van der Waals surface area contributed by atoms with Crippen molar-refractivity contribution < 1.29 is 33.1 Å². The molecule has 0 aromatic heterocycles. The molecule has 3 fully saturated rings. The largest absolute Gasteiger partial charge is 0.505 e. The lowest BCUT2D eigenvalue weighted by Gasteiger charge is -2.50. The molecular weight excluding hydrogens is 592 g/mol. The average Bonchev–Trinajstić information content (AvgIpc) is 3.36. The number of benzene rings is 3. The van der Waals surface area contributed by atoms with Crippen LogP contribution in [0.1, 0.15) is 29.9 Å². The molecule has 7 rings (SSSR count). The number of hydrazine groups is 1. The third-order valence-corrected chi connectivity index (χ3v) is 10.1. The van der Waals surface area contributed by atoms with Crippen LogP contribution in [0.4, 0.5) is 14.5 Å².